The van der Waals surface area contributed by atoms with E-state index in [4.69, 9.17) is 4.98 Å². The molecule has 1 amide bonds. The number of aromatic nitrogens is 4. The Labute approximate surface area is 185 Å². The van der Waals surface area contributed by atoms with Crippen LogP contribution in [0.4, 0.5) is 0 Å². The fourth-order valence-electron chi connectivity index (χ4n) is 3.36. The summed E-state index contributed by atoms with van der Waals surface area (Å²) in [6.45, 7) is 6.81. The van der Waals surface area contributed by atoms with Gasteiger partial charge in [0.1, 0.15) is 0 Å². The molecule has 0 spiro atoms. The average molecular weight is 430 g/mol. The van der Waals surface area contributed by atoms with Crippen LogP contribution in [0.1, 0.15) is 6.92 Å². The zero-order valence-electron chi connectivity index (χ0n) is 17.3. The zero-order valence-corrected chi connectivity index (χ0v) is 18.1. The van der Waals surface area contributed by atoms with Crippen molar-refractivity contribution < 1.29 is 4.79 Å². The number of benzene rings is 2. The van der Waals surface area contributed by atoms with Crippen LogP contribution < -0.4 is 5.32 Å². The third-order valence-corrected chi connectivity index (χ3v) is 5.80. The first-order chi connectivity index (χ1) is 15.2. The molecule has 0 atom stereocenters. The second-order valence-electron chi connectivity index (χ2n) is 6.87. The smallest absolute Gasteiger partial charge is 0.230 e. The topological polar surface area (TPSA) is 72.7 Å². The largest absolute Gasteiger partial charge is 0.352 e. The Morgan fingerprint density at radius 2 is 1.90 bits per heavy atom. The normalized spacial score (nSPS) is 10.9. The van der Waals surface area contributed by atoms with Crippen LogP contribution in [0.2, 0.25) is 0 Å². The maximum atomic E-state index is 12.0. The molecule has 2 heterocycles. The van der Waals surface area contributed by atoms with Crippen molar-refractivity contribution in [3.05, 3.63) is 73.3 Å². The standard InChI is InChI=1S/C24H23N5OS/c1-3-14-25-22(30)16-31-24-28-27-23(29(24)4-2)19-15-21(17-10-6-5-7-11-17)26-20-13-9-8-12-18(19)20/h3,5-13,15H,1,4,14,16H2,2H3,(H,25,30). The molecule has 0 unspecified atom stereocenters. The number of amides is 1. The molecule has 0 aliphatic carbocycles. The van der Waals surface area contributed by atoms with Gasteiger partial charge < -0.3 is 9.88 Å². The molecular weight excluding hydrogens is 406 g/mol. The van der Waals surface area contributed by atoms with Crippen LogP contribution in [0.25, 0.3) is 33.5 Å². The van der Waals surface area contributed by atoms with Gasteiger partial charge in [0, 0.05) is 29.6 Å². The highest BCUT2D eigenvalue weighted by Crippen LogP contribution is 2.32. The van der Waals surface area contributed by atoms with Crippen molar-refractivity contribution in [1.29, 1.82) is 0 Å². The summed E-state index contributed by atoms with van der Waals surface area (Å²) in [6.07, 6.45) is 1.66. The van der Waals surface area contributed by atoms with E-state index in [1.807, 2.05) is 41.0 Å². The lowest BCUT2D eigenvalue weighted by Crippen LogP contribution is -2.25. The maximum absolute atomic E-state index is 12.0. The van der Waals surface area contributed by atoms with Crippen molar-refractivity contribution in [2.75, 3.05) is 12.3 Å². The predicted molar refractivity (Wildman–Crippen MR) is 126 cm³/mol. The van der Waals surface area contributed by atoms with Gasteiger partial charge in [-0.15, -0.1) is 16.8 Å². The molecule has 0 aliphatic heterocycles. The van der Waals surface area contributed by atoms with Crippen molar-refractivity contribution in [2.24, 2.45) is 0 Å². The van der Waals surface area contributed by atoms with E-state index < -0.39 is 0 Å². The number of carbonyl (C=O) groups is 1. The Hall–Kier alpha value is -3.45. The molecule has 1 N–H and O–H groups in total. The Kier molecular flexibility index (Phi) is 6.43. The lowest BCUT2D eigenvalue weighted by molar-refractivity contribution is -0.118. The Bertz CT molecular complexity index is 1220. The summed E-state index contributed by atoms with van der Waals surface area (Å²) in [6, 6.07) is 20.2. The molecule has 0 saturated carbocycles. The summed E-state index contributed by atoms with van der Waals surface area (Å²) >= 11 is 1.38. The van der Waals surface area contributed by atoms with Crippen LogP contribution in [0, 0.1) is 0 Å². The summed E-state index contributed by atoms with van der Waals surface area (Å²) in [4.78, 5) is 16.8. The van der Waals surface area contributed by atoms with E-state index in [1.165, 1.54) is 11.8 Å². The Morgan fingerprint density at radius 1 is 1.13 bits per heavy atom. The van der Waals surface area contributed by atoms with E-state index in [2.05, 4.69) is 53.3 Å². The number of hydrogen-bond donors (Lipinski definition) is 1. The summed E-state index contributed by atoms with van der Waals surface area (Å²) in [7, 11) is 0. The molecule has 6 nitrogen and oxygen atoms in total. The number of hydrogen-bond acceptors (Lipinski definition) is 5. The number of carbonyl (C=O) groups excluding carboxylic acids is 1. The van der Waals surface area contributed by atoms with Crippen LogP contribution >= 0.6 is 11.8 Å². The van der Waals surface area contributed by atoms with Gasteiger partial charge in [-0.1, -0.05) is 66.4 Å². The van der Waals surface area contributed by atoms with Gasteiger partial charge in [-0.3, -0.25) is 4.79 Å². The van der Waals surface area contributed by atoms with E-state index in [1.54, 1.807) is 6.08 Å². The number of fused-ring (bicyclic) bond motifs is 1. The first-order valence-electron chi connectivity index (χ1n) is 10.1. The number of nitrogens with one attached hydrogen (secondary N) is 1. The van der Waals surface area contributed by atoms with Gasteiger partial charge in [-0.2, -0.15) is 0 Å². The molecule has 2 aromatic heterocycles. The second kappa shape index (κ2) is 9.57. The predicted octanol–water partition coefficient (Wildman–Crippen LogP) is 4.57. The van der Waals surface area contributed by atoms with Crippen molar-refractivity contribution in [2.45, 2.75) is 18.6 Å². The van der Waals surface area contributed by atoms with Crippen molar-refractivity contribution in [1.82, 2.24) is 25.1 Å². The molecule has 31 heavy (non-hydrogen) atoms. The van der Waals surface area contributed by atoms with Gasteiger partial charge >= 0.3 is 0 Å². The molecule has 0 saturated heterocycles. The van der Waals surface area contributed by atoms with E-state index in [0.717, 1.165) is 33.5 Å². The highest BCUT2D eigenvalue weighted by Gasteiger charge is 2.18. The first kappa shape index (κ1) is 20.8. The molecule has 4 rings (SSSR count). The molecule has 4 aromatic rings. The van der Waals surface area contributed by atoms with E-state index in [0.29, 0.717) is 18.2 Å². The van der Waals surface area contributed by atoms with Gasteiger partial charge in [-0.05, 0) is 19.1 Å². The molecule has 2 aromatic carbocycles. The SMILES string of the molecule is C=CCNC(=O)CSc1nnc(-c2cc(-c3ccccc3)nc3ccccc23)n1CC. The Balaban J connectivity index is 1.75. The van der Waals surface area contributed by atoms with Crippen LogP contribution in [0.15, 0.2) is 78.5 Å². The highest BCUT2D eigenvalue weighted by atomic mass is 32.2. The summed E-state index contributed by atoms with van der Waals surface area (Å²) in [5, 5.41) is 13.4. The monoisotopic (exact) mass is 429 g/mol. The summed E-state index contributed by atoms with van der Waals surface area (Å²) in [5.74, 6) is 0.989. The van der Waals surface area contributed by atoms with Gasteiger partial charge in [0.25, 0.3) is 0 Å². The van der Waals surface area contributed by atoms with Crippen molar-refractivity contribution in [3.8, 4) is 22.6 Å². The lowest BCUT2D eigenvalue weighted by Gasteiger charge is -2.11. The molecule has 156 valence electrons. The zero-order chi connectivity index (χ0) is 21.6. The van der Waals surface area contributed by atoms with Crippen LogP contribution in [-0.4, -0.2) is 38.0 Å². The number of pyridine rings is 1. The lowest BCUT2D eigenvalue weighted by atomic mass is 10.0. The highest BCUT2D eigenvalue weighted by molar-refractivity contribution is 7.99. The van der Waals surface area contributed by atoms with E-state index in [-0.39, 0.29) is 11.7 Å². The summed E-state index contributed by atoms with van der Waals surface area (Å²) in [5.41, 5.74) is 3.81. The van der Waals surface area contributed by atoms with Gasteiger partial charge in [0.2, 0.25) is 5.91 Å². The van der Waals surface area contributed by atoms with Crippen LogP contribution in [0.3, 0.4) is 0 Å². The molecule has 0 bridgehead atoms. The van der Waals surface area contributed by atoms with Crippen LogP contribution in [-0.2, 0) is 11.3 Å². The molecule has 7 heteroatoms. The molecule has 0 aliphatic rings. The molecule has 0 radical (unpaired) electrons. The third-order valence-electron chi connectivity index (χ3n) is 4.84. The molecular formula is C24H23N5OS. The average Bonchev–Trinajstić information content (AvgIpc) is 3.24. The number of para-hydroxylation sites is 1. The van der Waals surface area contributed by atoms with Crippen molar-refractivity contribution >= 4 is 28.6 Å². The number of rotatable bonds is 8. The van der Waals surface area contributed by atoms with Gasteiger partial charge in [0.05, 0.1) is 17.0 Å². The minimum atomic E-state index is -0.0576. The van der Waals surface area contributed by atoms with E-state index in [9.17, 15) is 4.79 Å². The quantitative estimate of drug-likeness (QED) is 0.328. The fourth-order valence-corrected chi connectivity index (χ4v) is 4.20. The Morgan fingerprint density at radius 3 is 2.68 bits per heavy atom. The second-order valence-corrected chi connectivity index (χ2v) is 7.81. The molecule has 0 fully saturated rings. The van der Waals surface area contributed by atoms with Gasteiger partial charge in [0.15, 0.2) is 11.0 Å². The number of thioether (sulfide) groups is 1. The van der Waals surface area contributed by atoms with Crippen LogP contribution in [0.5, 0.6) is 0 Å². The number of nitrogens with zero attached hydrogens (tertiary/aromatic N) is 4. The first-order valence-corrected chi connectivity index (χ1v) is 11.1. The van der Waals surface area contributed by atoms with Gasteiger partial charge in [-0.25, -0.2) is 4.98 Å². The van der Waals surface area contributed by atoms with E-state index >= 15 is 0 Å². The summed E-state index contributed by atoms with van der Waals surface area (Å²) < 4.78 is 2.04. The van der Waals surface area contributed by atoms with Crippen molar-refractivity contribution in [3.63, 3.8) is 0 Å². The third kappa shape index (κ3) is 4.51. The maximum Gasteiger partial charge on any atom is 0.230 e. The fraction of sp³-hybridized carbons (Fsp3) is 0.167. The minimum Gasteiger partial charge on any atom is -0.352 e. The minimum absolute atomic E-state index is 0.0576.